The predicted molar refractivity (Wildman–Crippen MR) is 70.7 cm³/mol. The van der Waals surface area contributed by atoms with Crippen LogP contribution in [0.15, 0.2) is 28.8 Å². The van der Waals surface area contributed by atoms with E-state index in [9.17, 15) is 0 Å². The van der Waals surface area contributed by atoms with E-state index >= 15 is 0 Å². The van der Waals surface area contributed by atoms with Gasteiger partial charge >= 0.3 is 0 Å². The average molecular weight is 259 g/mol. The lowest BCUT2D eigenvalue weighted by molar-refractivity contribution is 0.0208. The normalized spacial score (nSPS) is 19.5. The Bertz CT molecular complexity index is 530. The molecule has 0 aliphatic carbocycles. The minimum absolute atomic E-state index is 0.110. The monoisotopic (exact) mass is 259 g/mol. The topological polar surface area (TPSA) is 60.2 Å². The second-order valence-electron chi connectivity index (χ2n) is 4.57. The summed E-state index contributed by atoms with van der Waals surface area (Å²) in [5.41, 5.74) is 2.24. The third-order valence-electron chi connectivity index (χ3n) is 3.27. The largest absolute Gasteiger partial charge is 0.367 e. The minimum Gasteiger partial charge on any atom is -0.367 e. The van der Waals surface area contributed by atoms with Crippen molar-refractivity contribution in [3.05, 3.63) is 35.7 Å². The maximum atomic E-state index is 5.60. The molecule has 1 saturated heterocycles. The molecule has 2 aromatic rings. The van der Waals surface area contributed by atoms with Gasteiger partial charge in [-0.2, -0.15) is 4.98 Å². The molecule has 1 fully saturated rings. The highest BCUT2D eigenvalue weighted by Gasteiger charge is 2.21. The minimum atomic E-state index is -0.110. The van der Waals surface area contributed by atoms with Crippen molar-refractivity contribution in [3.8, 4) is 11.5 Å². The van der Waals surface area contributed by atoms with Crippen molar-refractivity contribution in [3.63, 3.8) is 0 Å². The number of ether oxygens (including phenoxy) is 1. The second kappa shape index (κ2) is 5.50. The number of nitrogens with one attached hydrogen (secondary N) is 1. The van der Waals surface area contributed by atoms with Gasteiger partial charge in [0, 0.05) is 18.7 Å². The molecule has 1 unspecified atom stereocenters. The molecule has 100 valence electrons. The Morgan fingerprint density at radius 1 is 1.32 bits per heavy atom. The summed E-state index contributed by atoms with van der Waals surface area (Å²) in [4.78, 5) is 4.42. The van der Waals surface area contributed by atoms with Crippen molar-refractivity contribution in [1.29, 1.82) is 0 Å². The van der Waals surface area contributed by atoms with Crippen LogP contribution < -0.4 is 5.32 Å². The molecule has 1 aromatic heterocycles. The van der Waals surface area contributed by atoms with Gasteiger partial charge in [-0.3, -0.25) is 0 Å². The fourth-order valence-corrected chi connectivity index (χ4v) is 2.10. The van der Waals surface area contributed by atoms with E-state index in [2.05, 4.69) is 34.5 Å². The maximum Gasteiger partial charge on any atom is 0.258 e. The van der Waals surface area contributed by atoms with E-state index in [1.165, 1.54) is 5.56 Å². The predicted octanol–water partition coefficient (Wildman–Crippen LogP) is 1.96. The van der Waals surface area contributed by atoms with Crippen molar-refractivity contribution in [2.24, 2.45) is 0 Å². The Morgan fingerprint density at radius 3 is 2.84 bits per heavy atom. The van der Waals surface area contributed by atoms with Gasteiger partial charge in [0.1, 0.15) is 6.10 Å². The average Bonchev–Trinajstić information content (AvgIpc) is 2.98. The first-order valence-electron chi connectivity index (χ1n) is 6.62. The molecule has 2 heterocycles. The Morgan fingerprint density at radius 2 is 2.16 bits per heavy atom. The summed E-state index contributed by atoms with van der Waals surface area (Å²) in [7, 11) is 0. The first-order valence-corrected chi connectivity index (χ1v) is 6.62. The van der Waals surface area contributed by atoms with Gasteiger partial charge in [-0.05, 0) is 24.1 Å². The number of hydrogen-bond acceptors (Lipinski definition) is 5. The first kappa shape index (κ1) is 12.3. The standard InChI is InChI=1S/C14H17N3O2/c1-2-10-3-5-11(6-4-10)14-16-13(17-19-14)12-9-15-7-8-18-12/h3-6,12,15H,2,7-9H2,1H3. The number of hydrogen-bond donors (Lipinski definition) is 1. The van der Waals surface area contributed by atoms with Crippen LogP contribution >= 0.6 is 0 Å². The fraction of sp³-hybridized carbons (Fsp3) is 0.429. The van der Waals surface area contributed by atoms with Crippen LogP contribution in [0.25, 0.3) is 11.5 Å². The first-order chi connectivity index (χ1) is 9.36. The number of rotatable bonds is 3. The van der Waals surface area contributed by atoms with Crippen molar-refractivity contribution < 1.29 is 9.26 Å². The molecule has 0 spiro atoms. The van der Waals surface area contributed by atoms with Crippen LogP contribution in [-0.2, 0) is 11.2 Å². The molecule has 1 atom stereocenters. The van der Waals surface area contributed by atoms with Gasteiger partial charge in [0.2, 0.25) is 5.82 Å². The van der Waals surface area contributed by atoms with Gasteiger partial charge in [-0.25, -0.2) is 0 Å². The zero-order valence-corrected chi connectivity index (χ0v) is 10.9. The van der Waals surface area contributed by atoms with E-state index in [1.54, 1.807) is 0 Å². The molecule has 1 aromatic carbocycles. The van der Waals surface area contributed by atoms with E-state index in [1.807, 2.05) is 12.1 Å². The van der Waals surface area contributed by atoms with E-state index in [-0.39, 0.29) is 6.10 Å². The summed E-state index contributed by atoms with van der Waals surface area (Å²) in [5, 5.41) is 7.26. The summed E-state index contributed by atoms with van der Waals surface area (Å²) >= 11 is 0. The number of aromatic nitrogens is 2. The molecule has 5 heteroatoms. The number of aryl methyl sites for hydroxylation is 1. The maximum absolute atomic E-state index is 5.60. The van der Waals surface area contributed by atoms with Gasteiger partial charge in [-0.1, -0.05) is 24.2 Å². The Balaban J connectivity index is 1.79. The Hall–Kier alpha value is -1.72. The van der Waals surface area contributed by atoms with Gasteiger partial charge < -0.3 is 14.6 Å². The van der Waals surface area contributed by atoms with Crippen LogP contribution in [0, 0.1) is 0 Å². The highest BCUT2D eigenvalue weighted by atomic mass is 16.5. The van der Waals surface area contributed by atoms with Crippen molar-refractivity contribution in [1.82, 2.24) is 15.5 Å². The summed E-state index contributed by atoms with van der Waals surface area (Å²) in [6, 6.07) is 8.18. The zero-order valence-electron chi connectivity index (χ0n) is 10.9. The van der Waals surface area contributed by atoms with Crippen LogP contribution in [0.2, 0.25) is 0 Å². The van der Waals surface area contributed by atoms with Crippen molar-refractivity contribution in [2.75, 3.05) is 19.7 Å². The molecule has 0 bridgehead atoms. The number of benzene rings is 1. The molecular weight excluding hydrogens is 242 g/mol. The van der Waals surface area contributed by atoms with Crippen molar-refractivity contribution >= 4 is 0 Å². The summed E-state index contributed by atoms with van der Waals surface area (Å²) in [5.74, 6) is 1.16. The second-order valence-corrected chi connectivity index (χ2v) is 4.57. The van der Waals surface area contributed by atoms with Crippen LogP contribution in [0.3, 0.4) is 0 Å². The van der Waals surface area contributed by atoms with Crippen LogP contribution in [0.5, 0.6) is 0 Å². The lowest BCUT2D eigenvalue weighted by Crippen LogP contribution is -2.33. The number of nitrogens with zero attached hydrogens (tertiary/aromatic N) is 2. The third kappa shape index (κ3) is 2.67. The SMILES string of the molecule is CCc1ccc(-c2nc(C3CNCCO3)no2)cc1. The lowest BCUT2D eigenvalue weighted by Gasteiger charge is -2.20. The zero-order chi connectivity index (χ0) is 13.1. The lowest BCUT2D eigenvalue weighted by atomic mass is 10.1. The van der Waals surface area contributed by atoms with Gasteiger partial charge in [-0.15, -0.1) is 0 Å². The quantitative estimate of drug-likeness (QED) is 0.913. The highest BCUT2D eigenvalue weighted by Crippen LogP contribution is 2.22. The molecule has 0 amide bonds. The fourth-order valence-electron chi connectivity index (χ4n) is 2.10. The molecule has 1 aliphatic heterocycles. The van der Waals surface area contributed by atoms with Crippen molar-refractivity contribution in [2.45, 2.75) is 19.4 Å². The van der Waals surface area contributed by atoms with E-state index in [4.69, 9.17) is 9.26 Å². The molecular formula is C14H17N3O2. The molecule has 19 heavy (non-hydrogen) atoms. The van der Waals surface area contributed by atoms with E-state index < -0.39 is 0 Å². The van der Waals surface area contributed by atoms with Crippen LogP contribution in [0.4, 0.5) is 0 Å². The van der Waals surface area contributed by atoms with Gasteiger partial charge in [0.15, 0.2) is 0 Å². The highest BCUT2D eigenvalue weighted by molar-refractivity contribution is 5.53. The third-order valence-corrected chi connectivity index (χ3v) is 3.27. The summed E-state index contributed by atoms with van der Waals surface area (Å²) < 4.78 is 10.9. The molecule has 0 radical (unpaired) electrons. The molecule has 1 N–H and O–H groups in total. The Labute approximate surface area is 112 Å². The van der Waals surface area contributed by atoms with Crippen LogP contribution in [0.1, 0.15) is 24.4 Å². The molecule has 3 rings (SSSR count). The van der Waals surface area contributed by atoms with Gasteiger partial charge in [0.05, 0.1) is 6.61 Å². The summed E-state index contributed by atoms with van der Waals surface area (Å²) in [6.45, 7) is 4.42. The molecule has 5 nitrogen and oxygen atoms in total. The van der Waals surface area contributed by atoms with Gasteiger partial charge in [0.25, 0.3) is 5.89 Å². The number of morpholine rings is 1. The van der Waals surface area contributed by atoms with E-state index in [0.29, 0.717) is 18.3 Å². The Kier molecular flexibility index (Phi) is 3.57. The smallest absolute Gasteiger partial charge is 0.258 e. The summed E-state index contributed by atoms with van der Waals surface area (Å²) in [6.07, 6.45) is 0.915. The molecule has 1 aliphatic rings. The van der Waals surface area contributed by atoms with Crippen LogP contribution in [-0.4, -0.2) is 29.8 Å². The van der Waals surface area contributed by atoms with E-state index in [0.717, 1.165) is 25.1 Å². The molecule has 0 saturated carbocycles.